The number of carboxylic acids is 1. The highest BCUT2D eigenvalue weighted by molar-refractivity contribution is 6.01. The first kappa shape index (κ1) is 22.4. The summed E-state index contributed by atoms with van der Waals surface area (Å²) < 4.78 is 10.2. The Balaban J connectivity index is 1.88. The summed E-state index contributed by atoms with van der Waals surface area (Å²) in [5, 5.41) is 13.4. The van der Waals surface area contributed by atoms with Crippen molar-refractivity contribution in [3.8, 4) is 0 Å². The Hall–Kier alpha value is -3.88. The molecule has 0 aliphatic rings. The number of ether oxygens (including phenoxy) is 2. The number of carboxylic acid groups (broad SMARTS) is 1. The Kier molecular flexibility index (Phi) is 9.38. The summed E-state index contributed by atoms with van der Waals surface area (Å²) in [7, 11) is 0. The van der Waals surface area contributed by atoms with E-state index in [1.54, 1.807) is 24.3 Å². The number of nitrogens with zero attached hydrogens (tertiary/aromatic N) is 1. The maximum absolute atomic E-state index is 12.0. The number of carbonyl (C=O) groups is 3. The van der Waals surface area contributed by atoms with E-state index in [1.807, 2.05) is 36.4 Å². The standard InChI is InChI=1S/C21H23N3O6/c25-18(26)12-7-13-22-19(23-20(27)29-14-16-8-3-1-4-9-16)24-21(28)30-15-17-10-5-2-6-11-17/h1-6,8-11H,7,12-15H2,(H,25,26)(H2,22,23,24,27,28). The first-order valence-corrected chi connectivity index (χ1v) is 9.24. The largest absolute Gasteiger partial charge is 0.481 e. The minimum atomic E-state index is -0.961. The molecule has 2 aromatic rings. The van der Waals surface area contributed by atoms with Gasteiger partial charge in [0, 0.05) is 13.0 Å². The molecular formula is C21H23N3O6. The molecule has 0 radical (unpaired) electrons. The molecule has 2 amide bonds. The van der Waals surface area contributed by atoms with Crippen molar-refractivity contribution >= 4 is 24.1 Å². The van der Waals surface area contributed by atoms with Crippen LogP contribution in [-0.4, -0.2) is 35.8 Å². The van der Waals surface area contributed by atoms with Crippen LogP contribution >= 0.6 is 0 Å². The molecule has 2 rings (SSSR count). The van der Waals surface area contributed by atoms with E-state index in [4.69, 9.17) is 14.6 Å². The van der Waals surface area contributed by atoms with Gasteiger partial charge >= 0.3 is 18.2 Å². The van der Waals surface area contributed by atoms with Crippen molar-refractivity contribution in [1.29, 1.82) is 0 Å². The Labute approximate surface area is 173 Å². The van der Waals surface area contributed by atoms with Crippen molar-refractivity contribution < 1.29 is 29.0 Å². The van der Waals surface area contributed by atoms with Crippen LogP contribution in [-0.2, 0) is 27.5 Å². The van der Waals surface area contributed by atoms with Crippen LogP contribution in [0.4, 0.5) is 9.59 Å². The van der Waals surface area contributed by atoms with E-state index in [0.717, 1.165) is 11.1 Å². The molecule has 0 saturated heterocycles. The van der Waals surface area contributed by atoms with Crippen LogP contribution in [0.25, 0.3) is 0 Å². The number of aliphatic imine (C=N–C) groups is 1. The molecule has 0 fully saturated rings. The fourth-order valence-electron chi connectivity index (χ4n) is 2.24. The number of rotatable bonds is 8. The van der Waals surface area contributed by atoms with Gasteiger partial charge in [0.25, 0.3) is 0 Å². The van der Waals surface area contributed by atoms with Gasteiger partial charge in [-0.1, -0.05) is 60.7 Å². The summed E-state index contributed by atoms with van der Waals surface area (Å²) in [6.07, 6.45) is -1.49. The lowest BCUT2D eigenvalue weighted by Gasteiger charge is -2.11. The SMILES string of the molecule is O=C(O)CCCN=C(NC(=O)OCc1ccccc1)NC(=O)OCc1ccccc1. The molecule has 0 unspecified atom stereocenters. The summed E-state index contributed by atoms with van der Waals surface area (Å²) >= 11 is 0. The van der Waals surface area contributed by atoms with E-state index >= 15 is 0 Å². The number of hydrogen-bond donors (Lipinski definition) is 3. The first-order valence-electron chi connectivity index (χ1n) is 9.24. The number of aliphatic carboxylic acids is 1. The van der Waals surface area contributed by atoms with Gasteiger partial charge in [0.1, 0.15) is 13.2 Å². The molecule has 9 heteroatoms. The zero-order valence-corrected chi connectivity index (χ0v) is 16.2. The van der Waals surface area contributed by atoms with E-state index in [2.05, 4.69) is 15.6 Å². The molecule has 0 heterocycles. The lowest BCUT2D eigenvalue weighted by Crippen LogP contribution is -2.44. The van der Waals surface area contributed by atoms with Crippen molar-refractivity contribution in [2.45, 2.75) is 26.1 Å². The number of nitrogens with one attached hydrogen (secondary N) is 2. The molecule has 0 aromatic heterocycles. The average molecular weight is 413 g/mol. The number of carbonyl (C=O) groups excluding carboxylic acids is 2. The zero-order valence-electron chi connectivity index (χ0n) is 16.2. The van der Waals surface area contributed by atoms with Crippen LogP contribution in [0.2, 0.25) is 0 Å². The predicted molar refractivity (Wildman–Crippen MR) is 109 cm³/mol. The molecular weight excluding hydrogens is 390 g/mol. The van der Waals surface area contributed by atoms with E-state index in [1.165, 1.54) is 0 Å². The minimum absolute atomic E-state index is 0.0391. The summed E-state index contributed by atoms with van der Waals surface area (Å²) in [5.41, 5.74) is 1.59. The van der Waals surface area contributed by atoms with Gasteiger partial charge in [-0.15, -0.1) is 0 Å². The molecule has 158 valence electrons. The van der Waals surface area contributed by atoms with Crippen LogP contribution in [0.1, 0.15) is 24.0 Å². The molecule has 0 spiro atoms. The first-order chi connectivity index (χ1) is 14.5. The topological polar surface area (TPSA) is 126 Å². The molecule has 0 aliphatic heterocycles. The summed E-state index contributed by atoms with van der Waals surface area (Å²) in [6.45, 7) is 0.161. The molecule has 9 nitrogen and oxygen atoms in total. The van der Waals surface area contributed by atoms with Crippen LogP contribution < -0.4 is 10.6 Å². The van der Waals surface area contributed by atoms with Crippen LogP contribution in [0, 0.1) is 0 Å². The highest BCUT2D eigenvalue weighted by Crippen LogP contribution is 2.02. The molecule has 0 saturated carbocycles. The number of benzene rings is 2. The van der Waals surface area contributed by atoms with Crippen LogP contribution in [0.3, 0.4) is 0 Å². The van der Waals surface area contributed by atoms with Gasteiger partial charge in [0.05, 0.1) is 0 Å². The maximum Gasteiger partial charge on any atom is 0.414 e. The van der Waals surface area contributed by atoms with Gasteiger partial charge in [0.2, 0.25) is 5.96 Å². The van der Waals surface area contributed by atoms with Gasteiger partial charge in [-0.2, -0.15) is 0 Å². The monoisotopic (exact) mass is 413 g/mol. The van der Waals surface area contributed by atoms with Gasteiger partial charge in [-0.3, -0.25) is 20.4 Å². The number of alkyl carbamates (subject to hydrolysis) is 2. The Morgan fingerprint density at radius 2 is 1.27 bits per heavy atom. The number of guanidine groups is 1. The maximum atomic E-state index is 12.0. The van der Waals surface area contributed by atoms with Crippen molar-refractivity contribution in [3.05, 3.63) is 71.8 Å². The summed E-state index contributed by atoms with van der Waals surface area (Å²) in [6, 6.07) is 18.1. The van der Waals surface area contributed by atoms with Crippen molar-refractivity contribution in [2.75, 3.05) is 6.54 Å². The lowest BCUT2D eigenvalue weighted by atomic mass is 10.2. The fraction of sp³-hybridized carbons (Fsp3) is 0.238. The van der Waals surface area contributed by atoms with Gasteiger partial charge in [-0.05, 0) is 17.5 Å². The molecule has 0 bridgehead atoms. The molecule has 0 aliphatic carbocycles. The second-order valence-corrected chi connectivity index (χ2v) is 6.10. The fourth-order valence-corrected chi connectivity index (χ4v) is 2.24. The zero-order chi connectivity index (χ0) is 21.6. The van der Waals surface area contributed by atoms with E-state index in [0.29, 0.717) is 0 Å². The predicted octanol–water partition coefficient (Wildman–Crippen LogP) is 3.06. The molecule has 3 N–H and O–H groups in total. The van der Waals surface area contributed by atoms with Crippen LogP contribution in [0.5, 0.6) is 0 Å². The average Bonchev–Trinajstić information content (AvgIpc) is 2.75. The second-order valence-electron chi connectivity index (χ2n) is 6.10. The molecule has 0 atom stereocenters. The third kappa shape index (κ3) is 9.36. The van der Waals surface area contributed by atoms with Crippen molar-refractivity contribution in [1.82, 2.24) is 10.6 Å². The third-order valence-electron chi connectivity index (χ3n) is 3.69. The van der Waals surface area contributed by atoms with E-state index < -0.39 is 18.2 Å². The number of amides is 2. The summed E-state index contributed by atoms with van der Waals surface area (Å²) in [5.74, 6) is -1.14. The second kappa shape index (κ2) is 12.6. The quantitative estimate of drug-likeness (QED) is 0.347. The number of hydrogen-bond acceptors (Lipinski definition) is 6. The van der Waals surface area contributed by atoms with Gasteiger partial charge < -0.3 is 14.6 Å². The molecule has 30 heavy (non-hydrogen) atoms. The Morgan fingerprint density at radius 1 is 0.800 bits per heavy atom. The Bertz CT molecular complexity index is 796. The van der Waals surface area contributed by atoms with Gasteiger partial charge in [-0.25, -0.2) is 9.59 Å². The lowest BCUT2D eigenvalue weighted by molar-refractivity contribution is -0.137. The van der Waals surface area contributed by atoms with Crippen LogP contribution in [0.15, 0.2) is 65.7 Å². The highest BCUT2D eigenvalue weighted by atomic mass is 16.6. The normalized spacial score (nSPS) is 9.87. The van der Waals surface area contributed by atoms with E-state index in [9.17, 15) is 14.4 Å². The van der Waals surface area contributed by atoms with Gasteiger partial charge in [0.15, 0.2) is 0 Å². The van der Waals surface area contributed by atoms with Crippen molar-refractivity contribution in [3.63, 3.8) is 0 Å². The third-order valence-corrected chi connectivity index (χ3v) is 3.69. The smallest absolute Gasteiger partial charge is 0.414 e. The molecule has 2 aromatic carbocycles. The Morgan fingerprint density at radius 3 is 1.70 bits per heavy atom. The minimum Gasteiger partial charge on any atom is -0.481 e. The van der Waals surface area contributed by atoms with E-state index in [-0.39, 0.29) is 38.6 Å². The highest BCUT2D eigenvalue weighted by Gasteiger charge is 2.12. The van der Waals surface area contributed by atoms with Crippen molar-refractivity contribution in [2.24, 2.45) is 4.99 Å². The summed E-state index contributed by atoms with van der Waals surface area (Å²) in [4.78, 5) is 38.7.